The van der Waals surface area contributed by atoms with Crippen molar-refractivity contribution in [3.8, 4) is 0 Å². The Kier molecular flexibility index (Phi) is 4.27. The summed E-state index contributed by atoms with van der Waals surface area (Å²) in [4.78, 5) is 14.1. The van der Waals surface area contributed by atoms with Crippen LogP contribution in [0.1, 0.15) is 61.3 Å². The van der Waals surface area contributed by atoms with Crippen molar-refractivity contribution in [2.75, 3.05) is 6.54 Å². The molecule has 140 valence electrons. The number of hydrogen-bond acceptors (Lipinski definition) is 4. The van der Waals surface area contributed by atoms with E-state index in [1.165, 1.54) is 0 Å². The monoisotopic (exact) mass is 353 g/mol. The molecule has 0 bridgehead atoms. The summed E-state index contributed by atoms with van der Waals surface area (Å²) in [6.07, 6.45) is 1.16. The van der Waals surface area contributed by atoms with E-state index in [4.69, 9.17) is 14.0 Å². The average Bonchev–Trinajstić information content (AvgIpc) is 2.82. The topological polar surface area (TPSA) is 48.0 Å². The molecule has 2 aliphatic heterocycles. The van der Waals surface area contributed by atoms with Gasteiger partial charge in [-0.2, -0.15) is 0 Å². The molecule has 3 fully saturated rings. The number of carbonyl (C=O) groups is 1. The predicted octanol–water partition coefficient (Wildman–Crippen LogP) is 3.87. The maximum atomic E-state index is 15.1. The Balaban J connectivity index is 1.78. The predicted molar refractivity (Wildman–Crippen MR) is 93.7 cm³/mol. The highest BCUT2D eigenvalue weighted by Crippen LogP contribution is 2.49. The van der Waals surface area contributed by atoms with Crippen LogP contribution in [0.4, 0.5) is 9.18 Å². The van der Waals surface area contributed by atoms with Crippen molar-refractivity contribution < 1.29 is 23.2 Å². The minimum atomic E-state index is -0.998. The van der Waals surface area contributed by atoms with Crippen LogP contribution >= 0.6 is 0 Å². The van der Waals surface area contributed by atoms with Crippen LogP contribution in [0.3, 0.4) is 0 Å². The third-order valence-electron chi connectivity index (χ3n) is 5.76. The zero-order chi connectivity index (χ0) is 18.8. The maximum absolute atomic E-state index is 15.1. The second-order valence-corrected chi connectivity index (χ2v) is 9.33. The molecule has 0 spiro atoms. The van der Waals surface area contributed by atoms with E-state index in [2.05, 4.69) is 0 Å². The summed E-state index contributed by atoms with van der Waals surface area (Å²) < 4.78 is 32.2. The molecule has 1 saturated carbocycles. The molecule has 0 aromatic heterocycles. The fourth-order valence-electron chi connectivity index (χ4n) is 3.65. The summed E-state index contributed by atoms with van der Waals surface area (Å²) in [7, 11) is -0.998. The summed E-state index contributed by atoms with van der Waals surface area (Å²) >= 11 is 0. The first-order valence-corrected chi connectivity index (χ1v) is 9.06. The second-order valence-electron chi connectivity index (χ2n) is 9.33. The molecule has 2 unspecified atom stereocenters. The van der Waals surface area contributed by atoms with Gasteiger partial charge < -0.3 is 18.9 Å². The minimum Gasteiger partial charge on any atom is -0.444 e. The Labute approximate surface area is 150 Å². The zero-order valence-corrected chi connectivity index (χ0v) is 16.3. The number of carbonyl (C=O) groups excluding carboxylic acids is 1. The number of fused-ring (bicyclic) bond motifs is 1. The summed E-state index contributed by atoms with van der Waals surface area (Å²) in [6.45, 7) is 13.7. The molecular formula is C18H29BFNO4. The molecule has 1 aliphatic carbocycles. The van der Waals surface area contributed by atoms with Crippen molar-refractivity contribution in [2.45, 2.75) is 84.2 Å². The van der Waals surface area contributed by atoms with Gasteiger partial charge in [0, 0.05) is 6.54 Å². The Morgan fingerprint density at radius 1 is 1.24 bits per heavy atom. The zero-order valence-electron chi connectivity index (χ0n) is 16.3. The molecular weight excluding hydrogens is 324 g/mol. The van der Waals surface area contributed by atoms with Crippen LogP contribution < -0.4 is 0 Å². The third kappa shape index (κ3) is 3.21. The highest BCUT2D eigenvalue weighted by molar-refractivity contribution is 6.54. The number of ether oxygens (including phenoxy) is 1. The lowest BCUT2D eigenvalue weighted by molar-refractivity contribution is 0.00578. The van der Waals surface area contributed by atoms with E-state index in [0.29, 0.717) is 24.5 Å². The number of hydrogen-bond donors (Lipinski definition) is 0. The van der Waals surface area contributed by atoms with Gasteiger partial charge in [0.1, 0.15) is 11.3 Å². The van der Waals surface area contributed by atoms with Crippen LogP contribution in [0.2, 0.25) is 0 Å². The largest absolute Gasteiger partial charge is 0.525 e. The first-order valence-electron chi connectivity index (χ1n) is 9.06. The minimum absolute atomic E-state index is 0.228. The third-order valence-corrected chi connectivity index (χ3v) is 5.76. The fourth-order valence-corrected chi connectivity index (χ4v) is 3.65. The van der Waals surface area contributed by atoms with Gasteiger partial charge in [0.05, 0.1) is 17.2 Å². The molecule has 0 aromatic carbocycles. The summed E-state index contributed by atoms with van der Waals surface area (Å²) in [5, 5.41) is 0. The smallest absolute Gasteiger partial charge is 0.444 e. The number of halogens is 1. The van der Waals surface area contributed by atoms with Crippen molar-refractivity contribution in [1.82, 2.24) is 4.90 Å². The van der Waals surface area contributed by atoms with E-state index in [1.807, 2.05) is 48.5 Å². The quantitative estimate of drug-likeness (QED) is 0.672. The van der Waals surface area contributed by atoms with E-state index in [0.717, 1.165) is 6.42 Å². The van der Waals surface area contributed by atoms with Crippen LogP contribution in [0.25, 0.3) is 0 Å². The summed E-state index contributed by atoms with van der Waals surface area (Å²) in [5.74, 6) is 0.302. The highest BCUT2D eigenvalue weighted by atomic mass is 19.1. The average molecular weight is 353 g/mol. The molecule has 0 radical (unpaired) electrons. The standard InChI is InChI=1S/C18H29BFNO4/c1-16(2,3)23-15(22)21-9-8-11-10-12(13(11)21)14(20)19-24-17(4,5)18(6,7)25-19/h11,13H,8-10H2,1-7H3. The van der Waals surface area contributed by atoms with E-state index < -0.39 is 23.9 Å². The Morgan fingerprint density at radius 3 is 2.32 bits per heavy atom. The normalized spacial score (nSPS) is 32.3. The molecule has 3 aliphatic rings. The lowest BCUT2D eigenvalue weighted by Crippen LogP contribution is -2.48. The Hall–Kier alpha value is -1.08. The van der Waals surface area contributed by atoms with Gasteiger partial charge in [0.15, 0.2) is 0 Å². The Bertz CT molecular complexity index is 595. The molecule has 0 aromatic rings. The maximum Gasteiger partial charge on any atom is 0.525 e. The van der Waals surface area contributed by atoms with Crippen molar-refractivity contribution in [2.24, 2.45) is 5.92 Å². The van der Waals surface area contributed by atoms with Crippen molar-refractivity contribution in [3.05, 3.63) is 11.3 Å². The number of rotatable bonds is 1. The van der Waals surface area contributed by atoms with Gasteiger partial charge in [-0.3, -0.25) is 0 Å². The van der Waals surface area contributed by atoms with Crippen molar-refractivity contribution in [3.63, 3.8) is 0 Å². The molecule has 0 N–H and O–H groups in total. The van der Waals surface area contributed by atoms with Gasteiger partial charge in [0.25, 0.3) is 0 Å². The molecule has 3 rings (SSSR count). The molecule has 2 saturated heterocycles. The molecule has 25 heavy (non-hydrogen) atoms. The van der Waals surface area contributed by atoms with Gasteiger partial charge in [-0.05, 0) is 72.8 Å². The van der Waals surface area contributed by atoms with E-state index in [9.17, 15) is 4.79 Å². The summed E-state index contributed by atoms with van der Waals surface area (Å²) in [6, 6.07) is -0.228. The van der Waals surface area contributed by atoms with E-state index in [-0.39, 0.29) is 17.9 Å². The number of amides is 1. The van der Waals surface area contributed by atoms with Crippen LogP contribution in [0, 0.1) is 5.92 Å². The number of nitrogens with zero attached hydrogens (tertiary/aromatic N) is 1. The lowest BCUT2D eigenvalue weighted by atomic mass is 9.69. The van der Waals surface area contributed by atoms with Crippen molar-refractivity contribution >= 4 is 13.2 Å². The molecule has 7 heteroatoms. The van der Waals surface area contributed by atoms with Crippen LogP contribution in [-0.4, -0.2) is 47.5 Å². The first-order chi connectivity index (χ1) is 11.3. The van der Waals surface area contributed by atoms with Crippen molar-refractivity contribution in [1.29, 1.82) is 0 Å². The van der Waals surface area contributed by atoms with Gasteiger partial charge in [-0.15, -0.1) is 0 Å². The van der Waals surface area contributed by atoms with Gasteiger partial charge in [-0.25, -0.2) is 9.18 Å². The fraction of sp³-hybridized carbons (Fsp3) is 0.833. The summed E-state index contributed by atoms with van der Waals surface area (Å²) in [5.41, 5.74) is -1.49. The second kappa shape index (κ2) is 5.71. The van der Waals surface area contributed by atoms with E-state index >= 15 is 4.39 Å². The van der Waals surface area contributed by atoms with Gasteiger partial charge in [0.2, 0.25) is 0 Å². The first kappa shape index (κ1) is 18.7. The molecule has 2 atom stereocenters. The Morgan fingerprint density at radius 2 is 1.80 bits per heavy atom. The number of likely N-dealkylation sites (tertiary alicyclic amines) is 1. The molecule has 2 heterocycles. The lowest BCUT2D eigenvalue weighted by Gasteiger charge is -2.40. The van der Waals surface area contributed by atoms with E-state index in [1.54, 1.807) is 4.90 Å². The highest BCUT2D eigenvalue weighted by Gasteiger charge is 2.56. The SMILES string of the molecule is CC(C)(C)OC(=O)N1CCC2CC(=C(F)B3OC(C)(C)C(C)(C)O3)C21. The van der Waals surface area contributed by atoms with Crippen LogP contribution in [-0.2, 0) is 14.0 Å². The molecule has 5 nitrogen and oxygen atoms in total. The van der Waals surface area contributed by atoms with Crippen LogP contribution in [0.5, 0.6) is 0 Å². The van der Waals surface area contributed by atoms with Gasteiger partial charge in [-0.1, -0.05) is 0 Å². The van der Waals surface area contributed by atoms with Crippen LogP contribution in [0.15, 0.2) is 11.3 Å². The molecule has 1 amide bonds. The van der Waals surface area contributed by atoms with Gasteiger partial charge >= 0.3 is 13.2 Å².